The summed E-state index contributed by atoms with van der Waals surface area (Å²) in [6.45, 7) is 9.34. The van der Waals surface area contributed by atoms with Gasteiger partial charge in [0.25, 0.3) is 0 Å². The fourth-order valence-corrected chi connectivity index (χ4v) is 1.92. The highest BCUT2D eigenvalue weighted by atomic mass is 16.2. The molecule has 0 aliphatic heterocycles. The molecule has 0 saturated heterocycles. The molecule has 0 atom stereocenters. The molecule has 1 rings (SSSR count). The van der Waals surface area contributed by atoms with Crippen molar-refractivity contribution in [2.75, 3.05) is 25.5 Å². The minimum absolute atomic E-state index is 0.201. The zero-order valence-corrected chi connectivity index (χ0v) is 13.0. The maximum atomic E-state index is 12.3. The summed E-state index contributed by atoms with van der Waals surface area (Å²) in [5.74, 6) is 0.201. The fourth-order valence-electron chi connectivity index (χ4n) is 1.92. The predicted octanol–water partition coefficient (Wildman–Crippen LogP) is 3.15. The first-order valence-electron chi connectivity index (χ1n) is 6.81. The zero-order valence-electron chi connectivity index (χ0n) is 13.0. The van der Waals surface area contributed by atoms with Crippen LogP contribution in [0.25, 0.3) is 0 Å². The summed E-state index contributed by atoms with van der Waals surface area (Å²) in [4.78, 5) is 16.3. The Morgan fingerprint density at radius 1 is 1.11 bits per heavy atom. The minimum Gasteiger partial charge on any atom is -0.378 e. The van der Waals surface area contributed by atoms with Crippen molar-refractivity contribution in [3.8, 4) is 0 Å². The third-order valence-electron chi connectivity index (χ3n) is 3.14. The number of rotatable bonds is 4. The molecule has 3 heteroatoms. The van der Waals surface area contributed by atoms with E-state index in [9.17, 15) is 4.79 Å². The van der Waals surface area contributed by atoms with Gasteiger partial charge in [-0.25, -0.2) is 0 Å². The summed E-state index contributed by atoms with van der Waals surface area (Å²) in [6.07, 6.45) is 0. The van der Waals surface area contributed by atoms with Crippen molar-refractivity contribution in [1.82, 2.24) is 4.90 Å². The minimum atomic E-state index is -0.320. The molecule has 0 spiro atoms. The van der Waals surface area contributed by atoms with Gasteiger partial charge in [-0.3, -0.25) is 4.79 Å². The highest BCUT2D eigenvalue weighted by Gasteiger charge is 2.26. The van der Waals surface area contributed by atoms with E-state index in [4.69, 9.17) is 0 Å². The standard InChI is InChI=1S/C16H26N2O/c1-7-18(15(19)16(2,3)4)12-13-8-10-14(11-9-13)17(5)6/h8-11H,7,12H2,1-6H3. The first-order chi connectivity index (χ1) is 8.75. The van der Waals surface area contributed by atoms with Crippen molar-refractivity contribution in [3.05, 3.63) is 29.8 Å². The second-order valence-corrected chi connectivity index (χ2v) is 6.13. The molecule has 1 amide bonds. The summed E-state index contributed by atoms with van der Waals surface area (Å²) in [6, 6.07) is 8.36. The van der Waals surface area contributed by atoms with E-state index < -0.39 is 0 Å². The topological polar surface area (TPSA) is 23.6 Å². The van der Waals surface area contributed by atoms with E-state index in [0.717, 1.165) is 6.54 Å². The molecule has 1 aromatic rings. The molecule has 0 heterocycles. The number of anilines is 1. The van der Waals surface area contributed by atoms with Gasteiger partial charge in [0.15, 0.2) is 0 Å². The van der Waals surface area contributed by atoms with Crippen LogP contribution in [0.2, 0.25) is 0 Å². The van der Waals surface area contributed by atoms with Gasteiger partial charge in [-0.15, -0.1) is 0 Å². The maximum Gasteiger partial charge on any atom is 0.228 e. The molecule has 0 unspecified atom stereocenters. The molecule has 0 aliphatic carbocycles. The Morgan fingerprint density at radius 3 is 2.00 bits per heavy atom. The number of carbonyl (C=O) groups is 1. The number of hydrogen-bond acceptors (Lipinski definition) is 2. The Kier molecular flexibility index (Phi) is 4.98. The second kappa shape index (κ2) is 6.09. The van der Waals surface area contributed by atoms with E-state index in [1.54, 1.807) is 0 Å². The van der Waals surface area contributed by atoms with Gasteiger partial charge in [-0.1, -0.05) is 32.9 Å². The van der Waals surface area contributed by atoms with Crippen molar-refractivity contribution >= 4 is 11.6 Å². The number of carbonyl (C=O) groups excluding carboxylic acids is 1. The molecule has 106 valence electrons. The Morgan fingerprint density at radius 2 is 1.63 bits per heavy atom. The van der Waals surface area contributed by atoms with E-state index in [0.29, 0.717) is 6.54 Å². The van der Waals surface area contributed by atoms with Crippen molar-refractivity contribution in [2.45, 2.75) is 34.2 Å². The average molecular weight is 262 g/mol. The van der Waals surface area contributed by atoms with Crippen LogP contribution in [0.4, 0.5) is 5.69 Å². The van der Waals surface area contributed by atoms with Gasteiger partial charge < -0.3 is 9.80 Å². The van der Waals surface area contributed by atoms with Crippen LogP contribution in [0.1, 0.15) is 33.3 Å². The molecule has 0 bridgehead atoms. The van der Waals surface area contributed by atoms with Gasteiger partial charge >= 0.3 is 0 Å². The lowest BCUT2D eigenvalue weighted by Gasteiger charge is -2.28. The zero-order chi connectivity index (χ0) is 14.6. The molecule has 0 saturated carbocycles. The lowest BCUT2D eigenvalue weighted by atomic mass is 9.94. The summed E-state index contributed by atoms with van der Waals surface area (Å²) in [5, 5.41) is 0. The molecule has 0 aliphatic rings. The van der Waals surface area contributed by atoms with Crippen LogP contribution in [0.3, 0.4) is 0 Å². The highest BCUT2D eigenvalue weighted by molar-refractivity contribution is 5.81. The fraction of sp³-hybridized carbons (Fsp3) is 0.562. The molecule has 0 N–H and O–H groups in total. The molecular formula is C16H26N2O. The van der Waals surface area contributed by atoms with Gasteiger partial charge in [0.2, 0.25) is 5.91 Å². The van der Waals surface area contributed by atoms with Gasteiger partial charge in [-0.2, -0.15) is 0 Å². The van der Waals surface area contributed by atoms with E-state index >= 15 is 0 Å². The SMILES string of the molecule is CCN(Cc1ccc(N(C)C)cc1)C(=O)C(C)(C)C. The lowest BCUT2D eigenvalue weighted by Crippen LogP contribution is -2.38. The van der Waals surface area contributed by atoms with Crippen LogP contribution < -0.4 is 4.90 Å². The molecule has 19 heavy (non-hydrogen) atoms. The average Bonchev–Trinajstić information content (AvgIpc) is 2.34. The maximum absolute atomic E-state index is 12.3. The lowest BCUT2D eigenvalue weighted by molar-refractivity contribution is -0.139. The molecule has 1 aromatic carbocycles. The van der Waals surface area contributed by atoms with Gasteiger partial charge in [0, 0.05) is 38.3 Å². The van der Waals surface area contributed by atoms with E-state index in [-0.39, 0.29) is 11.3 Å². The highest BCUT2D eigenvalue weighted by Crippen LogP contribution is 2.20. The van der Waals surface area contributed by atoms with Gasteiger partial charge in [-0.05, 0) is 24.6 Å². The van der Waals surface area contributed by atoms with Crippen molar-refractivity contribution in [1.29, 1.82) is 0 Å². The first kappa shape index (κ1) is 15.5. The van der Waals surface area contributed by atoms with Crippen LogP contribution in [-0.2, 0) is 11.3 Å². The third kappa shape index (κ3) is 4.27. The summed E-state index contributed by atoms with van der Waals surface area (Å²) < 4.78 is 0. The van der Waals surface area contributed by atoms with Gasteiger partial charge in [0.05, 0.1) is 0 Å². The summed E-state index contributed by atoms with van der Waals surface area (Å²) >= 11 is 0. The Hall–Kier alpha value is -1.51. The number of hydrogen-bond donors (Lipinski definition) is 0. The molecule has 3 nitrogen and oxygen atoms in total. The van der Waals surface area contributed by atoms with Crippen LogP contribution in [-0.4, -0.2) is 31.4 Å². The Bertz CT molecular complexity index is 415. The Labute approximate surface area is 117 Å². The molecule has 0 fully saturated rings. The third-order valence-corrected chi connectivity index (χ3v) is 3.14. The Balaban J connectivity index is 2.79. The van der Waals surface area contributed by atoms with Crippen molar-refractivity contribution < 1.29 is 4.79 Å². The van der Waals surface area contributed by atoms with E-state index in [1.807, 2.05) is 46.7 Å². The van der Waals surface area contributed by atoms with E-state index in [1.165, 1.54) is 11.3 Å². The number of benzene rings is 1. The van der Waals surface area contributed by atoms with Gasteiger partial charge in [0.1, 0.15) is 0 Å². The molecular weight excluding hydrogens is 236 g/mol. The molecule has 0 aromatic heterocycles. The molecule has 0 radical (unpaired) electrons. The van der Waals surface area contributed by atoms with Crippen molar-refractivity contribution in [3.63, 3.8) is 0 Å². The number of nitrogens with zero attached hydrogens (tertiary/aromatic N) is 2. The van der Waals surface area contributed by atoms with Crippen LogP contribution in [0, 0.1) is 5.41 Å². The quantitative estimate of drug-likeness (QED) is 0.832. The largest absolute Gasteiger partial charge is 0.378 e. The monoisotopic (exact) mass is 262 g/mol. The predicted molar refractivity (Wildman–Crippen MR) is 81.3 cm³/mol. The van der Waals surface area contributed by atoms with E-state index in [2.05, 4.69) is 29.2 Å². The number of amides is 1. The summed E-state index contributed by atoms with van der Waals surface area (Å²) in [7, 11) is 4.05. The van der Waals surface area contributed by atoms with Crippen molar-refractivity contribution in [2.24, 2.45) is 5.41 Å². The summed E-state index contributed by atoms with van der Waals surface area (Å²) in [5.41, 5.74) is 2.03. The van der Waals surface area contributed by atoms with Crippen LogP contribution >= 0.6 is 0 Å². The first-order valence-corrected chi connectivity index (χ1v) is 6.81. The second-order valence-electron chi connectivity index (χ2n) is 6.13. The smallest absolute Gasteiger partial charge is 0.228 e. The van der Waals surface area contributed by atoms with Crippen LogP contribution in [0.5, 0.6) is 0 Å². The van der Waals surface area contributed by atoms with Crippen LogP contribution in [0.15, 0.2) is 24.3 Å². The normalized spacial score (nSPS) is 11.3.